The molecule has 4 N–H and O–H groups in total. The largest absolute Gasteiger partial charge is 0.489 e. The van der Waals surface area contributed by atoms with E-state index in [4.69, 9.17) is 22.2 Å². The van der Waals surface area contributed by atoms with Gasteiger partial charge in [-0.05, 0) is 48.0 Å². The summed E-state index contributed by atoms with van der Waals surface area (Å²) in [6.07, 6.45) is 0. The monoisotopic (exact) mass is 531 g/mol. The van der Waals surface area contributed by atoms with Crippen LogP contribution < -0.4 is 15.9 Å². The van der Waals surface area contributed by atoms with Crippen LogP contribution in [0.2, 0.25) is 5.02 Å². The Balaban J connectivity index is 1.14. The number of thioether (sulfide) groups is 1. The van der Waals surface area contributed by atoms with Gasteiger partial charge in [-0.3, -0.25) is 9.89 Å². The molecule has 186 valence electrons. The summed E-state index contributed by atoms with van der Waals surface area (Å²) < 4.78 is 7.11. The van der Waals surface area contributed by atoms with Crippen LogP contribution in [-0.2, 0) is 11.4 Å². The number of rotatable bonds is 9. The van der Waals surface area contributed by atoms with Gasteiger partial charge >= 0.3 is 0 Å². The van der Waals surface area contributed by atoms with Gasteiger partial charge < -0.3 is 15.9 Å². The first-order valence-electron chi connectivity index (χ1n) is 11.3. The second kappa shape index (κ2) is 11.2. The lowest BCUT2D eigenvalue weighted by molar-refractivity contribution is -0.113. The number of aromatic nitrogens is 5. The molecule has 0 aliphatic rings. The van der Waals surface area contributed by atoms with Crippen molar-refractivity contribution in [2.45, 2.75) is 11.8 Å². The van der Waals surface area contributed by atoms with Crippen molar-refractivity contribution in [3.63, 3.8) is 0 Å². The third-order valence-corrected chi connectivity index (χ3v) is 6.54. The summed E-state index contributed by atoms with van der Waals surface area (Å²) in [4.78, 5) is 12.5. The molecule has 0 saturated carbocycles. The van der Waals surface area contributed by atoms with E-state index in [1.54, 1.807) is 24.3 Å². The number of nitrogens with one attached hydrogen (secondary N) is 2. The van der Waals surface area contributed by atoms with Gasteiger partial charge in [-0.1, -0.05) is 65.8 Å². The highest BCUT2D eigenvalue weighted by Crippen LogP contribution is 2.26. The zero-order valence-electron chi connectivity index (χ0n) is 19.5. The zero-order valence-corrected chi connectivity index (χ0v) is 21.0. The van der Waals surface area contributed by atoms with Crippen molar-refractivity contribution >= 4 is 35.0 Å². The molecule has 2 aromatic heterocycles. The van der Waals surface area contributed by atoms with Crippen LogP contribution in [0, 0.1) is 0 Å². The lowest BCUT2D eigenvalue weighted by Gasteiger charge is -2.08. The highest BCUT2D eigenvalue weighted by atomic mass is 35.5. The number of H-pyrrole nitrogens is 1. The average Bonchev–Trinajstić information content (AvgIpc) is 3.55. The van der Waals surface area contributed by atoms with Crippen LogP contribution in [0.1, 0.15) is 5.56 Å². The van der Waals surface area contributed by atoms with Crippen LogP contribution in [0.4, 0.5) is 5.69 Å². The number of nitrogen functional groups attached to an aromatic ring is 1. The Kier molecular flexibility index (Phi) is 7.38. The molecule has 0 unspecified atom stereocenters. The highest BCUT2D eigenvalue weighted by molar-refractivity contribution is 7.99. The molecule has 37 heavy (non-hydrogen) atoms. The van der Waals surface area contributed by atoms with Gasteiger partial charge in [0.05, 0.1) is 11.4 Å². The number of nitrogens with zero attached hydrogens (tertiary/aromatic N) is 4. The van der Waals surface area contributed by atoms with E-state index in [1.807, 2.05) is 60.7 Å². The van der Waals surface area contributed by atoms with Crippen molar-refractivity contribution in [1.82, 2.24) is 25.1 Å². The number of amides is 1. The summed E-state index contributed by atoms with van der Waals surface area (Å²) in [6.45, 7) is 0.478. The number of anilines is 1. The van der Waals surface area contributed by atoms with Gasteiger partial charge in [-0.15, -0.1) is 10.2 Å². The van der Waals surface area contributed by atoms with Crippen LogP contribution in [0.15, 0.2) is 90.1 Å². The number of hydrogen-bond donors (Lipinski definition) is 3. The summed E-state index contributed by atoms with van der Waals surface area (Å²) in [7, 11) is 0. The van der Waals surface area contributed by atoms with E-state index in [0.717, 1.165) is 22.6 Å². The number of ether oxygens (including phenoxy) is 1. The van der Waals surface area contributed by atoms with E-state index in [2.05, 4.69) is 25.7 Å². The minimum absolute atomic E-state index is 0.112. The van der Waals surface area contributed by atoms with E-state index in [9.17, 15) is 4.79 Å². The second-order valence-electron chi connectivity index (χ2n) is 7.99. The predicted molar refractivity (Wildman–Crippen MR) is 145 cm³/mol. The number of hydrogen-bond acceptors (Lipinski definition) is 7. The quantitative estimate of drug-likeness (QED) is 0.180. The van der Waals surface area contributed by atoms with E-state index < -0.39 is 0 Å². The molecule has 0 bridgehead atoms. The van der Waals surface area contributed by atoms with Crippen molar-refractivity contribution in [2.24, 2.45) is 0 Å². The van der Waals surface area contributed by atoms with Crippen LogP contribution >= 0.6 is 23.4 Å². The molecule has 0 radical (unpaired) electrons. The van der Waals surface area contributed by atoms with Crippen molar-refractivity contribution in [1.29, 1.82) is 0 Å². The molecule has 0 fully saturated rings. The number of benzene rings is 3. The molecular weight excluding hydrogens is 510 g/mol. The van der Waals surface area contributed by atoms with Crippen LogP contribution in [0.25, 0.3) is 22.8 Å². The van der Waals surface area contributed by atoms with Crippen LogP contribution in [0.5, 0.6) is 5.75 Å². The fourth-order valence-corrected chi connectivity index (χ4v) is 4.25. The molecule has 5 rings (SSSR count). The van der Waals surface area contributed by atoms with E-state index >= 15 is 0 Å². The summed E-state index contributed by atoms with van der Waals surface area (Å²) in [5.41, 5.74) is 3.98. The minimum atomic E-state index is -0.195. The second-order valence-corrected chi connectivity index (χ2v) is 9.36. The molecule has 0 aliphatic carbocycles. The number of halogens is 1. The maximum atomic E-state index is 12.5. The molecule has 9 nitrogen and oxygen atoms in total. The standard InChI is InChI=1S/C26H22ClN7O2S/c27-19-8-6-18(7-9-19)22-14-23(31-30-22)25-32-33-26(34(25)28)37-16-24(35)29-20-10-12-21(13-11-20)36-15-17-4-2-1-3-5-17/h1-14H,15-16,28H2,(H,29,35)(H,30,31). The Morgan fingerprint density at radius 3 is 2.54 bits per heavy atom. The normalized spacial score (nSPS) is 10.8. The number of aromatic amines is 1. The molecule has 0 atom stereocenters. The fourth-order valence-electron chi connectivity index (χ4n) is 3.47. The smallest absolute Gasteiger partial charge is 0.234 e. The van der Waals surface area contributed by atoms with Gasteiger partial charge in [-0.25, -0.2) is 4.68 Å². The third-order valence-electron chi connectivity index (χ3n) is 5.34. The number of nitrogens with two attached hydrogens (primary N) is 1. The number of carbonyl (C=O) groups is 1. The van der Waals surface area contributed by atoms with Crippen molar-refractivity contribution in [3.05, 3.63) is 95.5 Å². The van der Waals surface area contributed by atoms with Crippen LogP contribution in [0.3, 0.4) is 0 Å². The zero-order chi connectivity index (χ0) is 25.6. The molecule has 1 amide bonds. The Bertz CT molecular complexity index is 1490. The molecule has 3 aromatic carbocycles. The molecular formula is C26H22ClN7O2S. The SMILES string of the molecule is Nn1c(SCC(=O)Nc2ccc(OCc3ccccc3)cc2)nnc1-c1cc(-c2ccc(Cl)cc2)n[nH]1. The molecule has 0 spiro atoms. The van der Waals surface area contributed by atoms with E-state index in [1.165, 1.54) is 16.4 Å². The topological polar surface area (TPSA) is 124 Å². The maximum Gasteiger partial charge on any atom is 0.234 e. The summed E-state index contributed by atoms with van der Waals surface area (Å²) >= 11 is 7.14. The Morgan fingerprint density at radius 2 is 1.78 bits per heavy atom. The van der Waals surface area contributed by atoms with E-state index in [0.29, 0.717) is 34.0 Å². The maximum absolute atomic E-state index is 12.5. The fraction of sp³-hybridized carbons (Fsp3) is 0.0769. The van der Waals surface area contributed by atoms with Gasteiger partial charge in [0, 0.05) is 16.3 Å². The summed E-state index contributed by atoms with van der Waals surface area (Å²) in [5, 5.41) is 19.4. The van der Waals surface area contributed by atoms with Crippen molar-refractivity contribution in [3.8, 4) is 28.5 Å². The van der Waals surface area contributed by atoms with Crippen molar-refractivity contribution in [2.75, 3.05) is 16.9 Å². The predicted octanol–water partition coefficient (Wildman–Crippen LogP) is 5.01. The van der Waals surface area contributed by atoms with Gasteiger partial charge in [0.2, 0.25) is 16.9 Å². The van der Waals surface area contributed by atoms with Gasteiger partial charge in [0.25, 0.3) is 0 Å². The Morgan fingerprint density at radius 1 is 1.03 bits per heavy atom. The molecule has 0 aliphatic heterocycles. The third kappa shape index (κ3) is 6.11. The molecule has 11 heteroatoms. The molecule has 5 aromatic rings. The summed E-state index contributed by atoms with van der Waals surface area (Å²) in [6, 6.07) is 26.3. The Labute approximate surface area is 222 Å². The van der Waals surface area contributed by atoms with E-state index in [-0.39, 0.29) is 11.7 Å². The van der Waals surface area contributed by atoms with Crippen molar-refractivity contribution < 1.29 is 9.53 Å². The average molecular weight is 532 g/mol. The molecule has 2 heterocycles. The first kappa shape index (κ1) is 24.4. The summed E-state index contributed by atoms with van der Waals surface area (Å²) in [5.74, 6) is 7.23. The van der Waals surface area contributed by atoms with Gasteiger partial charge in [0.1, 0.15) is 18.1 Å². The first-order chi connectivity index (χ1) is 18.0. The lowest BCUT2D eigenvalue weighted by Crippen LogP contribution is -2.16. The molecule has 0 saturated heterocycles. The van der Waals surface area contributed by atoms with Gasteiger partial charge in [0.15, 0.2) is 0 Å². The number of carbonyl (C=O) groups excluding carboxylic acids is 1. The van der Waals surface area contributed by atoms with Gasteiger partial charge in [-0.2, -0.15) is 5.10 Å². The minimum Gasteiger partial charge on any atom is -0.489 e. The lowest BCUT2D eigenvalue weighted by atomic mass is 10.1. The van der Waals surface area contributed by atoms with Crippen LogP contribution in [-0.4, -0.2) is 36.7 Å². The first-order valence-corrected chi connectivity index (χ1v) is 12.6. The Hall–Kier alpha value is -4.28. The highest BCUT2D eigenvalue weighted by Gasteiger charge is 2.16.